The Balaban J connectivity index is 1.63. The molecule has 0 bridgehead atoms. The molecule has 0 radical (unpaired) electrons. The molecule has 4 aromatic rings. The van der Waals surface area contributed by atoms with Crippen molar-refractivity contribution < 1.29 is 14.0 Å². The second kappa shape index (κ2) is 10.1. The Morgan fingerprint density at radius 2 is 1.68 bits per heavy atom. The maximum Gasteiger partial charge on any atom is 0.270 e. The first-order valence-electron chi connectivity index (χ1n) is 12.3. The summed E-state index contributed by atoms with van der Waals surface area (Å²) >= 11 is 0. The van der Waals surface area contributed by atoms with Crippen molar-refractivity contribution in [2.45, 2.75) is 39.3 Å². The van der Waals surface area contributed by atoms with Crippen LogP contribution in [0.5, 0.6) is 0 Å². The van der Waals surface area contributed by atoms with E-state index in [-0.39, 0.29) is 23.5 Å². The summed E-state index contributed by atoms with van der Waals surface area (Å²) in [5, 5.41) is 14.8. The van der Waals surface area contributed by atoms with E-state index in [1.54, 1.807) is 36.5 Å². The zero-order valence-electron chi connectivity index (χ0n) is 22.1. The van der Waals surface area contributed by atoms with Crippen molar-refractivity contribution in [1.29, 1.82) is 5.41 Å². The first kappa shape index (κ1) is 26.6. The molecule has 8 heteroatoms. The van der Waals surface area contributed by atoms with Crippen LogP contribution in [0.15, 0.2) is 66.9 Å². The fourth-order valence-electron chi connectivity index (χ4n) is 4.38. The monoisotopic (exact) mass is 513 g/mol. The van der Waals surface area contributed by atoms with Gasteiger partial charge in [0.05, 0.1) is 11.6 Å². The van der Waals surface area contributed by atoms with Crippen molar-refractivity contribution in [2.75, 3.05) is 5.73 Å². The maximum absolute atomic E-state index is 13.7. The van der Waals surface area contributed by atoms with Gasteiger partial charge in [-0.3, -0.25) is 15.0 Å². The lowest BCUT2D eigenvalue weighted by Crippen LogP contribution is -2.44. The number of benzene rings is 3. The molecular weight excluding hydrogens is 481 g/mol. The highest BCUT2D eigenvalue weighted by Gasteiger charge is 2.21. The van der Waals surface area contributed by atoms with Crippen molar-refractivity contribution in [2.24, 2.45) is 7.05 Å². The summed E-state index contributed by atoms with van der Waals surface area (Å²) < 4.78 is 15.5. The fraction of sp³-hybridized carbons (Fsp3) is 0.233. The number of aromatic nitrogens is 1. The van der Waals surface area contributed by atoms with Crippen LogP contribution in [-0.4, -0.2) is 27.6 Å². The Hall–Kier alpha value is -4.46. The highest BCUT2D eigenvalue weighted by molar-refractivity contribution is 6.45. The number of hydrogen-bond donors (Lipinski definition) is 4. The van der Waals surface area contributed by atoms with Gasteiger partial charge in [0, 0.05) is 40.9 Å². The molecule has 38 heavy (non-hydrogen) atoms. The summed E-state index contributed by atoms with van der Waals surface area (Å²) in [4.78, 5) is 25.7. The molecule has 0 aliphatic rings. The molecule has 0 fully saturated rings. The van der Waals surface area contributed by atoms with E-state index in [0.29, 0.717) is 22.4 Å². The quantitative estimate of drug-likeness (QED) is 0.206. The normalized spacial score (nSPS) is 12.3. The maximum atomic E-state index is 13.7. The van der Waals surface area contributed by atoms with E-state index < -0.39 is 11.4 Å². The highest BCUT2D eigenvalue weighted by Crippen LogP contribution is 2.30. The molecule has 5 N–H and O–H groups in total. The Kier molecular flexibility index (Phi) is 7.09. The number of rotatable bonds is 6. The van der Waals surface area contributed by atoms with E-state index in [9.17, 15) is 14.0 Å². The molecule has 196 valence electrons. The Labute approximate surface area is 221 Å². The van der Waals surface area contributed by atoms with E-state index in [0.717, 1.165) is 22.0 Å². The second-order valence-corrected chi connectivity index (χ2v) is 10.5. The van der Waals surface area contributed by atoms with Gasteiger partial charge in [-0.25, -0.2) is 4.39 Å². The summed E-state index contributed by atoms with van der Waals surface area (Å²) in [5.41, 5.74) is 9.93. The molecule has 1 heterocycles. The second-order valence-electron chi connectivity index (χ2n) is 10.5. The topological polar surface area (TPSA) is 113 Å². The number of nitrogen functional groups attached to an aromatic ring is 1. The summed E-state index contributed by atoms with van der Waals surface area (Å²) in [6.45, 7) is 7.36. The number of nitrogens with one attached hydrogen (secondary N) is 3. The van der Waals surface area contributed by atoms with Crippen LogP contribution in [0, 0.1) is 11.2 Å². The number of nitrogens with zero attached hydrogens (tertiary/aromatic N) is 1. The third-order valence-electron chi connectivity index (χ3n) is 6.30. The van der Waals surface area contributed by atoms with Crippen LogP contribution in [0.2, 0.25) is 0 Å². The van der Waals surface area contributed by atoms with E-state index in [4.69, 9.17) is 11.1 Å². The van der Waals surface area contributed by atoms with Gasteiger partial charge in [-0.1, -0.05) is 24.3 Å². The van der Waals surface area contributed by atoms with Crippen molar-refractivity contribution in [3.63, 3.8) is 0 Å². The Morgan fingerprint density at radius 1 is 1.00 bits per heavy atom. The average molecular weight is 514 g/mol. The summed E-state index contributed by atoms with van der Waals surface area (Å²) in [7, 11) is 1.87. The van der Waals surface area contributed by atoms with E-state index in [1.807, 2.05) is 57.5 Å². The molecule has 4 rings (SSSR count). The van der Waals surface area contributed by atoms with Crippen LogP contribution in [0.4, 0.5) is 10.1 Å². The van der Waals surface area contributed by atoms with Crippen LogP contribution >= 0.6 is 0 Å². The summed E-state index contributed by atoms with van der Waals surface area (Å²) in [6.07, 6.45) is 1.77. The molecule has 0 unspecified atom stereocenters. The van der Waals surface area contributed by atoms with Crippen LogP contribution in [0.3, 0.4) is 0 Å². The largest absolute Gasteiger partial charge is 0.398 e. The molecule has 7 nitrogen and oxygen atoms in total. The molecule has 0 aliphatic carbocycles. The van der Waals surface area contributed by atoms with Gasteiger partial charge in [-0.15, -0.1) is 0 Å². The van der Waals surface area contributed by atoms with Crippen molar-refractivity contribution in [3.8, 4) is 11.1 Å². The molecule has 0 spiro atoms. The highest BCUT2D eigenvalue weighted by atomic mass is 19.1. The van der Waals surface area contributed by atoms with Crippen LogP contribution in [0.25, 0.3) is 22.0 Å². The lowest BCUT2D eigenvalue weighted by molar-refractivity contribution is -0.116. The average Bonchev–Trinajstić information content (AvgIpc) is 3.18. The molecule has 1 aromatic heterocycles. The van der Waals surface area contributed by atoms with Gasteiger partial charge < -0.3 is 20.9 Å². The first-order valence-corrected chi connectivity index (χ1v) is 12.3. The van der Waals surface area contributed by atoms with Crippen molar-refractivity contribution in [1.82, 2.24) is 15.2 Å². The number of aryl methyl sites for hydroxylation is 1. The van der Waals surface area contributed by atoms with Crippen LogP contribution in [-0.2, 0) is 11.8 Å². The van der Waals surface area contributed by atoms with E-state index in [1.165, 1.54) is 12.1 Å². The minimum Gasteiger partial charge on any atom is -0.398 e. The number of nitrogens with two attached hydrogens (primary N) is 1. The lowest BCUT2D eigenvalue weighted by Gasteiger charge is -2.21. The number of hydrogen-bond acceptors (Lipinski definition) is 4. The van der Waals surface area contributed by atoms with Gasteiger partial charge >= 0.3 is 0 Å². The SMILES string of the molecule is C[C@H](NC(=O)c1cn(C)c2ccc(-c3ccc(C(=N)C(=O)NC(C)(C)C)c(N)c3)cc12)c1cccc(F)c1. The first-order chi connectivity index (χ1) is 17.8. The van der Waals surface area contributed by atoms with Gasteiger partial charge in [-0.2, -0.15) is 0 Å². The van der Waals surface area contributed by atoms with Gasteiger partial charge in [-0.05, 0) is 80.8 Å². The molecule has 0 saturated carbocycles. The molecule has 2 amide bonds. The van der Waals surface area contributed by atoms with Gasteiger partial charge in [0.15, 0.2) is 0 Å². The van der Waals surface area contributed by atoms with Gasteiger partial charge in [0.1, 0.15) is 11.5 Å². The predicted molar refractivity (Wildman–Crippen MR) is 150 cm³/mol. The minimum atomic E-state index is -0.495. The molecule has 3 aromatic carbocycles. The zero-order valence-corrected chi connectivity index (χ0v) is 22.1. The Bertz CT molecular complexity index is 1560. The van der Waals surface area contributed by atoms with E-state index in [2.05, 4.69) is 10.6 Å². The Morgan fingerprint density at radius 3 is 2.34 bits per heavy atom. The molecule has 0 saturated heterocycles. The molecular formula is C30H32FN5O2. The number of anilines is 1. The third kappa shape index (κ3) is 5.59. The zero-order chi connectivity index (χ0) is 27.8. The van der Waals surface area contributed by atoms with Crippen molar-refractivity contribution in [3.05, 3.63) is 89.4 Å². The number of carbonyl (C=O) groups excluding carboxylic acids is 2. The lowest BCUT2D eigenvalue weighted by atomic mass is 9.98. The standard InChI is InChI=1S/C30H32FN5O2/c1-17(18-7-6-8-21(31)13-18)34-28(37)24-16-36(5)26-12-10-19(14-23(24)26)20-9-11-22(25(32)15-20)27(33)29(38)35-30(2,3)4/h6-17,33H,32H2,1-5H3,(H,34,37)(H,35,38)/t17-/m0/s1. The number of carbonyl (C=O) groups is 2. The minimum absolute atomic E-state index is 0.200. The smallest absolute Gasteiger partial charge is 0.270 e. The number of fused-ring (bicyclic) bond motifs is 1. The summed E-state index contributed by atoms with van der Waals surface area (Å²) in [6, 6.07) is 16.8. The third-order valence-corrected chi connectivity index (χ3v) is 6.30. The summed E-state index contributed by atoms with van der Waals surface area (Å²) in [5.74, 6) is -1.11. The van der Waals surface area contributed by atoms with Crippen LogP contribution < -0.4 is 16.4 Å². The fourth-order valence-corrected chi connectivity index (χ4v) is 4.38. The van der Waals surface area contributed by atoms with Crippen molar-refractivity contribution >= 4 is 34.1 Å². The van der Waals surface area contributed by atoms with Gasteiger partial charge in [0.2, 0.25) is 0 Å². The number of amides is 2. The molecule has 1 atom stereocenters. The number of halogens is 1. The van der Waals surface area contributed by atoms with Gasteiger partial charge in [0.25, 0.3) is 11.8 Å². The predicted octanol–water partition coefficient (Wildman–Crippen LogP) is 5.34. The van der Waals surface area contributed by atoms with Crippen LogP contribution in [0.1, 0.15) is 55.2 Å². The molecule has 0 aliphatic heterocycles. The van der Waals surface area contributed by atoms with E-state index >= 15 is 0 Å².